The monoisotopic (exact) mass is 472 g/mol. The molecule has 0 aliphatic heterocycles. The van der Waals surface area contributed by atoms with Gasteiger partial charge in [0, 0.05) is 18.1 Å². The molecule has 2 fully saturated rings. The summed E-state index contributed by atoms with van der Waals surface area (Å²) < 4.78 is 17.1. The van der Waals surface area contributed by atoms with Crippen molar-refractivity contribution in [2.24, 2.45) is 0 Å². The molecule has 0 radical (unpaired) electrons. The standard InChI is InChI=1S/C29H32N2O4/c1-20-30-28(31-35-20)22-7-5-6-21(18-22)12-15-29(16-13-24(32)14-17-29)23-10-11-26(33-2)27(19-23)34-25-8-3-4-9-25/h5-7,10-11,18-19,24-25,32H,3-4,8-9,13-14,16-17H2,1-2H3/t24-,29-. The molecule has 0 amide bonds. The molecule has 6 heteroatoms. The zero-order valence-corrected chi connectivity index (χ0v) is 20.4. The van der Waals surface area contributed by atoms with Crippen molar-refractivity contribution >= 4 is 0 Å². The van der Waals surface area contributed by atoms with Gasteiger partial charge < -0.3 is 19.1 Å². The smallest absolute Gasteiger partial charge is 0.223 e. The van der Waals surface area contributed by atoms with E-state index in [-0.39, 0.29) is 17.6 Å². The number of methoxy groups -OCH3 is 1. The van der Waals surface area contributed by atoms with Gasteiger partial charge in [-0.3, -0.25) is 0 Å². The molecule has 0 unspecified atom stereocenters. The predicted molar refractivity (Wildman–Crippen MR) is 133 cm³/mol. The van der Waals surface area contributed by atoms with Gasteiger partial charge in [-0.05, 0) is 81.2 Å². The normalized spacial score (nSPS) is 22.4. The second-order valence-corrected chi connectivity index (χ2v) is 9.67. The molecule has 0 spiro atoms. The van der Waals surface area contributed by atoms with Crippen molar-refractivity contribution < 1.29 is 19.1 Å². The molecule has 1 N–H and O–H groups in total. The summed E-state index contributed by atoms with van der Waals surface area (Å²) in [5, 5.41) is 14.3. The fourth-order valence-electron chi connectivity index (χ4n) is 5.18. The lowest BCUT2D eigenvalue weighted by molar-refractivity contribution is 0.110. The van der Waals surface area contributed by atoms with Crippen LogP contribution in [0.5, 0.6) is 11.5 Å². The van der Waals surface area contributed by atoms with Crippen molar-refractivity contribution in [2.45, 2.75) is 75.9 Å². The van der Waals surface area contributed by atoms with Crippen LogP contribution in [-0.4, -0.2) is 34.6 Å². The maximum atomic E-state index is 10.2. The van der Waals surface area contributed by atoms with Gasteiger partial charge in [0.2, 0.25) is 11.7 Å². The van der Waals surface area contributed by atoms with Gasteiger partial charge in [-0.1, -0.05) is 35.2 Å². The van der Waals surface area contributed by atoms with E-state index in [1.165, 1.54) is 12.8 Å². The summed E-state index contributed by atoms with van der Waals surface area (Å²) in [4.78, 5) is 4.33. The van der Waals surface area contributed by atoms with E-state index < -0.39 is 0 Å². The van der Waals surface area contributed by atoms with Crippen LogP contribution < -0.4 is 9.47 Å². The highest BCUT2D eigenvalue weighted by molar-refractivity contribution is 5.58. The van der Waals surface area contributed by atoms with Gasteiger partial charge in [-0.25, -0.2) is 0 Å². The molecule has 3 aromatic rings. The summed E-state index contributed by atoms with van der Waals surface area (Å²) >= 11 is 0. The number of aliphatic hydroxyl groups is 1. The average Bonchev–Trinajstić information content (AvgIpc) is 3.56. The van der Waals surface area contributed by atoms with E-state index in [9.17, 15) is 5.11 Å². The van der Waals surface area contributed by atoms with Gasteiger partial charge >= 0.3 is 0 Å². The number of aromatic nitrogens is 2. The molecule has 182 valence electrons. The molecule has 2 saturated carbocycles. The van der Waals surface area contributed by atoms with Crippen molar-refractivity contribution in [3.63, 3.8) is 0 Å². The van der Waals surface area contributed by atoms with E-state index in [0.717, 1.165) is 66.7 Å². The molecule has 1 heterocycles. The molecule has 2 aliphatic carbocycles. The molecule has 1 aromatic heterocycles. The Balaban J connectivity index is 1.49. The summed E-state index contributed by atoms with van der Waals surface area (Å²) in [5.74, 6) is 9.66. The first kappa shape index (κ1) is 23.4. The van der Waals surface area contributed by atoms with Gasteiger partial charge in [0.25, 0.3) is 0 Å². The van der Waals surface area contributed by atoms with Crippen LogP contribution in [0.25, 0.3) is 11.4 Å². The molecule has 35 heavy (non-hydrogen) atoms. The third kappa shape index (κ3) is 5.21. The van der Waals surface area contributed by atoms with E-state index in [2.05, 4.69) is 34.1 Å². The Labute approximate surface area is 206 Å². The number of rotatable bonds is 5. The summed E-state index contributed by atoms with van der Waals surface area (Å²) in [6, 6.07) is 14.1. The molecule has 2 aliphatic rings. The Bertz CT molecular complexity index is 1220. The Morgan fingerprint density at radius 1 is 1.03 bits per heavy atom. The van der Waals surface area contributed by atoms with Crippen LogP contribution in [0.3, 0.4) is 0 Å². The lowest BCUT2D eigenvalue weighted by Gasteiger charge is -2.35. The highest BCUT2D eigenvalue weighted by Crippen LogP contribution is 2.43. The summed E-state index contributed by atoms with van der Waals surface area (Å²) in [7, 11) is 1.68. The predicted octanol–water partition coefficient (Wildman–Crippen LogP) is 5.60. The Hall–Kier alpha value is -3.30. The number of ether oxygens (including phenoxy) is 2. The van der Waals surface area contributed by atoms with Gasteiger partial charge in [-0.2, -0.15) is 4.98 Å². The number of hydrogen-bond donors (Lipinski definition) is 1. The van der Waals surface area contributed by atoms with Crippen LogP contribution in [0.4, 0.5) is 0 Å². The van der Waals surface area contributed by atoms with Crippen LogP contribution in [-0.2, 0) is 5.41 Å². The fourth-order valence-corrected chi connectivity index (χ4v) is 5.18. The Kier molecular flexibility index (Phi) is 6.79. The van der Waals surface area contributed by atoms with Crippen LogP contribution >= 0.6 is 0 Å². The highest BCUT2D eigenvalue weighted by Gasteiger charge is 2.36. The van der Waals surface area contributed by atoms with Crippen LogP contribution in [0.2, 0.25) is 0 Å². The van der Waals surface area contributed by atoms with Gasteiger partial charge in [-0.15, -0.1) is 0 Å². The molecule has 0 bridgehead atoms. The SMILES string of the molecule is COc1ccc([C@]2(C#Cc3cccc(-c4noc(C)n4)c3)CC[C@@H](O)CC2)cc1OC1CCCC1. The molecule has 0 saturated heterocycles. The second-order valence-electron chi connectivity index (χ2n) is 9.67. The Morgan fingerprint density at radius 3 is 2.54 bits per heavy atom. The number of aliphatic hydroxyl groups excluding tert-OH is 1. The maximum absolute atomic E-state index is 10.2. The maximum Gasteiger partial charge on any atom is 0.223 e. The lowest BCUT2D eigenvalue weighted by atomic mass is 9.69. The minimum absolute atomic E-state index is 0.242. The number of hydrogen-bond acceptors (Lipinski definition) is 6. The lowest BCUT2D eigenvalue weighted by Crippen LogP contribution is -2.32. The van der Waals surface area contributed by atoms with Crippen molar-refractivity contribution in [3.05, 3.63) is 59.5 Å². The van der Waals surface area contributed by atoms with E-state index in [1.807, 2.05) is 30.3 Å². The summed E-state index contributed by atoms with van der Waals surface area (Å²) in [6.45, 7) is 1.78. The largest absolute Gasteiger partial charge is 0.493 e. The summed E-state index contributed by atoms with van der Waals surface area (Å²) in [6.07, 6.45) is 7.59. The molecule has 0 atom stereocenters. The third-order valence-corrected chi connectivity index (χ3v) is 7.22. The Morgan fingerprint density at radius 2 is 1.83 bits per heavy atom. The molecular weight excluding hydrogens is 440 g/mol. The molecular formula is C29H32N2O4. The third-order valence-electron chi connectivity index (χ3n) is 7.22. The van der Waals surface area contributed by atoms with E-state index in [1.54, 1.807) is 14.0 Å². The van der Waals surface area contributed by atoms with E-state index >= 15 is 0 Å². The minimum atomic E-state index is -0.363. The minimum Gasteiger partial charge on any atom is -0.493 e. The molecule has 5 rings (SSSR count). The molecule has 6 nitrogen and oxygen atoms in total. The van der Waals surface area contributed by atoms with Crippen molar-refractivity contribution in [1.82, 2.24) is 10.1 Å². The van der Waals surface area contributed by atoms with Gasteiger partial charge in [0.1, 0.15) is 0 Å². The van der Waals surface area contributed by atoms with Gasteiger partial charge in [0.05, 0.1) is 24.7 Å². The van der Waals surface area contributed by atoms with Crippen molar-refractivity contribution in [1.29, 1.82) is 0 Å². The van der Waals surface area contributed by atoms with Gasteiger partial charge in [0.15, 0.2) is 11.5 Å². The first-order valence-electron chi connectivity index (χ1n) is 12.5. The van der Waals surface area contributed by atoms with Crippen LogP contribution in [0.1, 0.15) is 68.4 Å². The zero-order valence-electron chi connectivity index (χ0n) is 20.4. The average molecular weight is 473 g/mol. The second kappa shape index (κ2) is 10.1. The highest BCUT2D eigenvalue weighted by atomic mass is 16.5. The fraction of sp³-hybridized carbons (Fsp3) is 0.448. The molecule has 2 aromatic carbocycles. The van der Waals surface area contributed by atoms with E-state index in [4.69, 9.17) is 14.0 Å². The van der Waals surface area contributed by atoms with Crippen LogP contribution in [0, 0.1) is 18.8 Å². The van der Waals surface area contributed by atoms with E-state index in [0.29, 0.717) is 11.7 Å². The first-order valence-corrected chi connectivity index (χ1v) is 12.5. The van der Waals surface area contributed by atoms with Crippen molar-refractivity contribution in [3.8, 4) is 34.7 Å². The topological polar surface area (TPSA) is 77.6 Å². The zero-order chi connectivity index (χ0) is 24.3. The number of aryl methyl sites for hydroxylation is 1. The van der Waals surface area contributed by atoms with Crippen LogP contribution in [0.15, 0.2) is 47.0 Å². The number of benzene rings is 2. The first-order chi connectivity index (χ1) is 17.0. The summed E-state index contributed by atoms with van der Waals surface area (Å²) in [5.41, 5.74) is 2.53. The van der Waals surface area contributed by atoms with Crippen molar-refractivity contribution in [2.75, 3.05) is 7.11 Å². The number of nitrogens with zero attached hydrogens (tertiary/aromatic N) is 2. The quantitative estimate of drug-likeness (QED) is 0.487.